The van der Waals surface area contributed by atoms with Gasteiger partial charge in [-0.3, -0.25) is 4.98 Å². The van der Waals surface area contributed by atoms with Crippen LogP contribution in [0, 0.1) is 6.92 Å². The van der Waals surface area contributed by atoms with Crippen molar-refractivity contribution >= 4 is 27.8 Å². The molecule has 4 aromatic rings. The molecule has 2 aromatic heterocycles. The number of aromatic carboxylic acids is 1. The Kier molecular flexibility index (Phi) is 3.73. The van der Waals surface area contributed by atoms with Crippen molar-refractivity contribution in [2.75, 3.05) is 7.11 Å². The lowest BCUT2D eigenvalue weighted by atomic mass is 10.1. The number of aromatic nitrogens is 1. The quantitative estimate of drug-likeness (QED) is 0.570. The first-order chi connectivity index (χ1) is 12.6. The van der Waals surface area contributed by atoms with E-state index in [1.807, 2.05) is 18.2 Å². The molecule has 0 aliphatic heterocycles. The third-order valence-corrected chi connectivity index (χ3v) is 4.19. The van der Waals surface area contributed by atoms with Crippen LogP contribution in [-0.4, -0.2) is 23.2 Å². The molecule has 0 aliphatic rings. The van der Waals surface area contributed by atoms with E-state index in [9.17, 15) is 9.90 Å². The van der Waals surface area contributed by atoms with Crippen LogP contribution in [0.25, 0.3) is 21.9 Å². The van der Waals surface area contributed by atoms with Crippen molar-refractivity contribution in [3.63, 3.8) is 0 Å². The van der Waals surface area contributed by atoms with Crippen LogP contribution < -0.4 is 9.47 Å². The molecule has 2 aromatic carbocycles. The first-order valence-electron chi connectivity index (χ1n) is 7.94. The molecule has 0 fully saturated rings. The summed E-state index contributed by atoms with van der Waals surface area (Å²) in [5.74, 6) is 1.26. The number of pyridine rings is 1. The van der Waals surface area contributed by atoms with Gasteiger partial charge >= 0.3 is 5.97 Å². The van der Waals surface area contributed by atoms with Gasteiger partial charge in [0, 0.05) is 29.1 Å². The molecule has 4 rings (SSSR count). The zero-order valence-electron chi connectivity index (χ0n) is 14.1. The zero-order chi connectivity index (χ0) is 18.3. The number of benzene rings is 2. The Bertz CT molecular complexity index is 1150. The molecule has 0 saturated carbocycles. The second-order valence-electron chi connectivity index (χ2n) is 5.79. The number of carboxylic acids is 1. The minimum atomic E-state index is -1.01. The summed E-state index contributed by atoms with van der Waals surface area (Å²) in [4.78, 5) is 15.7. The van der Waals surface area contributed by atoms with E-state index in [2.05, 4.69) is 4.98 Å². The fraction of sp³-hybridized carbons (Fsp3) is 0.100. The Balaban J connectivity index is 1.76. The van der Waals surface area contributed by atoms with Gasteiger partial charge in [-0.25, -0.2) is 4.79 Å². The van der Waals surface area contributed by atoms with E-state index in [-0.39, 0.29) is 5.56 Å². The topological polar surface area (TPSA) is 81.8 Å². The van der Waals surface area contributed by atoms with Crippen molar-refractivity contribution in [1.29, 1.82) is 0 Å². The molecule has 0 radical (unpaired) electrons. The molecule has 6 heteroatoms. The van der Waals surface area contributed by atoms with E-state index in [4.69, 9.17) is 13.9 Å². The van der Waals surface area contributed by atoms with Gasteiger partial charge < -0.3 is 19.0 Å². The van der Waals surface area contributed by atoms with Crippen LogP contribution >= 0.6 is 0 Å². The lowest BCUT2D eigenvalue weighted by Gasteiger charge is -2.09. The summed E-state index contributed by atoms with van der Waals surface area (Å²) in [6.45, 7) is 1.63. The third-order valence-electron chi connectivity index (χ3n) is 4.19. The third kappa shape index (κ3) is 2.61. The molecule has 6 nitrogen and oxygen atoms in total. The minimum Gasteiger partial charge on any atom is -0.497 e. The average Bonchev–Trinajstić information content (AvgIpc) is 2.96. The monoisotopic (exact) mass is 349 g/mol. The first-order valence-corrected chi connectivity index (χ1v) is 7.94. The van der Waals surface area contributed by atoms with E-state index in [0.29, 0.717) is 28.2 Å². The van der Waals surface area contributed by atoms with Gasteiger partial charge in [-0.05, 0) is 37.3 Å². The summed E-state index contributed by atoms with van der Waals surface area (Å²) >= 11 is 0. The Hall–Kier alpha value is -3.54. The van der Waals surface area contributed by atoms with Gasteiger partial charge in [0.1, 0.15) is 34.2 Å². The summed E-state index contributed by atoms with van der Waals surface area (Å²) in [5.41, 5.74) is 1.40. The Morgan fingerprint density at radius 1 is 1.08 bits per heavy atom. The van der Waals surface area contributed by atoms with Gasteiger partial charge in [-0.15, -0.1) is 0 Å². The Labute approximate surface area is 148 Å². The van der Waals surface area contributed by atoms with Crippen LogP contribution in [0.1, 0.15) is 16.1 Å². The maximum atomic E-state index is 11.4. The number of hydrogen-bond acceptors (Lipinski definition) is 5. The molecule has 0 saturated heterocycles. The van der Waals surface area contributed by atoms with E-state index >= 15 is 0 Å². The predicted octanol–water partition coefficient (Wildman–Crippen LogP) is 4.79. The number of fused-ring (bicyclic) bond motifs is 2. The van der Waals surface area contributed by atoms with E-state index < -0.39 is 5.97 Å². The summed E-state index contributed by atoms with van der Waals surface area (Å²) in [5, 5.41) is 10.7. The van der Waals surface area contributed by atoms with Crippen molar-refractivity contribution in [3.05, 3.63) is 60.0 Å². The highest BCUT2D eigenvalue weighted by molar-refractivity contribution is 6.03. The number of aryl methyl sites for hydroxylation is 1. The number of nitrogens with zero attached hydrogens (tertiary/aromatic N) is 1. The number of carbonyl (C=O) groups is 1. The largest absolute Gasteiger partial charge is 0.497 e. The highest BCUT2D eigenvalue weighted by Gasteiger charge is 2.18. The highest BCUT2D eigenvalue weighted by atomic mass is 16.5. The van der Waals surface area contributed by atoms with Gasteiger partial charge in [-0.1, -0.05) is 0 Å². The molecule has 0 spiro atoms. The Morgan fingerprint density at radius 2 is 1.85 bits per heavy atom. The van der Waals surface area contributed by atoms with Crippen LogP contribution in [0.3, 0.4) is 0 Å². The van der Waals surface area contributed by atoms with Crippen LogP contribution in [-0.2, 0) is 0 Å². The van der Waals surface area contributed by atoms with E-state index in [1.165, 1.54) is 0 Å². The second-order valence-corrected chi connectivity index (χ2v) is 5.79. The van der Waals surface area contributed by atoms with Crippen LogP contribution in [0.4, 0.5) is 0 Å². The van der Waals surface area contributed by atoms with Gasteiger partial charge in [-0.2, -0.15) is 0 Å². The number of rotatable bonds is 4. The van der Waals surface area contributed by atoms with Crippen LogP contribution in [0.15, 0.2) is 53.1 Å². The molecule has 0 aliphatic carbocycles. The summed E-state index contributed by atoms with van der Waals surface area (Å²) in [6, 6.07) is 12.4. The fourth-order valence-corrected chi connectivity index (χ4v) is 2.97. The molecule has 0 unspecified atom stereocenters. The highest BCUT2D eigenvalue weighted by Crippen LogP contribution is 2.34. The smallest absolute Gasteiger partial charge is 0.339 e. The van der Waals surface area contributed by atoms with E-state index in [1.54, 1.807) is 44.5 Å². The van der Waals surface area contributed by atoms with E-state index in [0.717, 1.165) is 16.7 Å². The van der Waals surface area contributed by atoms with Crippen molar-refractivity contribution in [3.8, 4) is 17.2 Å². The molecule has 130 valence electrons. The number of carboxylic acid groups (broad SMARTS) is 1. The number of ether oxygens (including phenoxy) is 2. The maximum absolute atomic E-state index is 11.4. The molecule has 0 atom stereocenters. The lowest BCUT2D eigenvalue weighted by molar-refractivity contribution is 0.0697. The Morgan fingerprint density at radius 3 is 2.62 bits per heavy atom. The number of methoxy groups -OCH3 is 1. The van der Waals surface area contributed by atoms with Crippen LogP contribution in [0.5, 0.6) is 17.2 Å². The summed E-state index contributed by atoms with van der Waals surface area (Å²) in [6.07, 6.45) is 1.66. The summed E-state index contributed by atoms with van der Waals surface area (Å²) < 4.78 is 16.8. The van der Waals surface area contributed by atoms with Crippen molar-refractivity contribution in [2.45, 2.75) is 6.92 Å². The first kappa shape index (κ1) is 16.0. The normalized spacial score (nSPS) is 11.0. The van der Waals surface area contributed by atoms with Gasteiger partial charge in [0.25, 0.3) is 0 Å². The molecule has 0 bridgehead atoms. The standard InChI is InChI=1S/C20H15NO5/c1-11-19(20(22)23)15-6-4-13(10-18(15)25-11)26-17-7-8-21-16-9-12(24-2)3-5-14(16)17/h3-10H,1-2H3,(H,22,23). The minimum absolute atomic E-state index is 0.174. The lowest BCUT2D eigenvalue weighted by Crippen LogP contribution is -1.96. The van der Waals surface area contributed by atoms with Gasteiger partial charge in [0.05, 0.1) is 12.6 Å². The van der Waals surface area contributed by atoms with Gasteiger partial charge in [0.15, 0.2) is 0 Å². The molecular formula is C20H15NO5. The molecule has 1 N–H and O–H groups in total. The average molecular weight is 349 g/mol. The molecule has 0 amide bonds. The summed E-state index contributed by atoms with van der Waals surface area (Å²) in [7, 11) is 1.60. The SMILES string of the molecule is COc1ccc2c(Oc3ccc4c(C(=O)O)c(C)oc4c3)ccnc2c1. The van der Waals surface area contributed by atoms with Crippen molar-refractivity contribution in [1.82, 2.24) is 4.98 Å². The fourth-order valence-electron chi connectivity index (χ4n) is 2.97. The predicted molar refractivity (Wildman–Crippen MR) is 96.3 cm³/mol. The van der Waals surface area contributed by atoms with Crippen molar-refractivity contribution < 1.29 is 23.8 Å². The molecular weight excluding hydrogens is 334 g/mol. The van der Waals surface area contributed by atoms with Crippen LogP contribution in [0.2, 0.25) is 0 Å². The molecule has 2 heterocycles. The number of furan rings is 1. The number of hydrogen-bond donors (Lipinski definition) is 1. The van der Waals surface area contributed by atoms with Gasteiger partial charge in [0.2, 0.25) is 0 Å². The maximum Gasteiger partial charge on any atom is 0.339 e. The molecule has 26 heavy (non-hydrogen) atoms. The van der Waals surface area contributed by atoms with Crippen molar-refractivity contribution in [2.24, 2.45) is 0 Å². The zero-order valence-corrected chi connectivity index (χ0v) is 14.1. The second kappa shape index (κ2) is 6.07.